The summed E-state index contributed by atoms with van der Waals surface area (Å²) in [6.07, 6.45) is 6.60. The summed E-state index contributed by atoms with van der Waals surface area (Å²) in [6.45, 7) is 3.04. The molecule has 1 aromatic rings. The van der Waals surface area contributed by atoms with Crippen molar-refractivity contribution in [3.8, 4) is 5.75 Å². The lowest BCUT2D eigenvalue weighted by molar-refractivity contribution is 0.309. The Labute approximate surface area is 108 Å². The Balaban J connectivity index is 1.88. The van der Waals surface area contributed by atoms with Crippen LogP contribution < -0.4 is 4.74 Å². The molecule has 0 bridgehead atoms. The Morgan fingerprint density at radius 1 is 1.06 bits per heavy atom. The monoisotopic (exact) mass is 251 g/mol. The first-order chi connectivity index (χ1) is 8.40. The van der Waals surface area contributed by atoms with Crippen molar-refractivity contribution in [2.45, 2.75) is 43.9 Å². The summed E-state index contributed by atoms with van der Waals surface area (Å²) in [5.74, 6) is 3.83. The molecule has 1 aliphatic heterocycles. The van der Waals surface area contributed by atoms with Gasteiger partial charge < -0.3 is 4.74 Å². The van der Waals surface area contributed by atoms with Crippen molar-refractivity contribution < 1.29 is 4.74 Å². The van der Waals surface area contributed by atoms with Gasteiger partial charge in [0, 0.05) is 10.9 Å². The lowest BCUT2D eigenvalue weighted by atomic mass is 10.3. The van der Waals surface area contributed by atoms with Crippen molar-refractivity contribution in [3.63, 3.8) is 0 Å². The maximum atomic E-state index is 5.69. The molecule has 0 atom stereocenters. The van der Waals surface area contributed by atoms with E-state index in [1.165, 1.54) is 42.1 Å². The molecule has 0 unspecified atom stereocenters. The van der Waals surface area contributed by atoms with E-state index in [0.29, 0.717) is 10.9 Å². The SMILES string of the molecule is CCCCOc1ccc([S+]2CCCCC2)cc1. The van der Waals surface area contributed by atoms with E-state index in [0.717, 1.165) is 18.8 Å². The van der Waals surface area contributed by atoms with Gasteiger partial charge in [0.2, 0.25) is 0 Å². The first-order valence-corrected chi connectivity index (χ1v) is 8.37. The summed E-state index contributed by atoms with van der Waals surface area (Å²) < 4.78 is 5.69. The van der Waals surface area contributed by atoms with Crippen LogP contribution in [0, 0.1) is 0 Å². The predicted molar refractivity (Wildman–Crippen MR) is 76.1 cm³/mol. The molecule has 2 rings (SSSR count). The summed E-state index contributed by atoms with van der Waals surface area (Å²) >= 11 is 0. The summed E-state index contributed by atoms with van der Waals surface area (Å²) in [7, 11) is 0.521. The Kier molecular flexibility index (Phi) is 5.24. The smallest absolute Gasteiger partial charge is 0.155 e. The van der Waals surface area contributed by atoms with Gasteiger partial charge in [-0.2, -0.15) is 0 Å². The molecule has 17 heavy (non-hydrogen) atoms. The summed E-state index contributed by atoms with van der Waals surface area (Å²) in [5, 5.41) is 0. The van der Waals surface area contributed by atoms with Gasteiger partial charge in [0.15, 0.2) is 4.90 Å². The predicted octanol–water partition coefficient (Wildman–Crippen LogP) is 4.03. The molecule has 94 valence electrons. The van der Waals surface area contributed by atoms with Crippen LogP contribution in [0.15, 0.2) is 29.2 Å². The van der Waals surface area contributed by atoms with Gasteiger partial charge in [0.05, 0.1) is 6.61 Å². The lowest BCUT2D eigenvalue weighted by Crippen LogP contribution is -2.17. The van der Waals surface area contributed by atoms with Crippen molar-refractivity contribution in [1.29, 1.82) is 0 Å². The van der Waals surface area contributed by atoms with Gasteiger partial charge >= 0.3 is 0 Å². The van der Waals surface area contributed by atoms with Gasteiger partial charge in [-0.05, 0) is 49.9 Å². The van der Waals surface area contributed by atoms with Crippen molar-refractivity contribution in [2.75, 3.05) is 18.1 Å². The van der Waals surface area contributed by atoms with Gasteiger partial charge in [-0.3, -0.25) is 0 Å². The number of rotatable bonds is 5. The molecule has 0 N–H and O–H groups in total. The maximum Gasteiger partial charge on any atom is 0.155 e. The molecule has 0 radical (unpaired) electrons. The average molecular weight is 251 g/mol. The Morgan fingerprint density at radius 2 is 1.76 bits per heavy atom. The van der Waals surface area contributed by atoms with Crippen LogP contribution in [0.3, 0.4) is 0 Å². The highest BCUT2D eigenvalue weighted by Gasteiger charge is 2.24. The minimum atomic E-state index is 0.521. The van der Waals surface area contributed by atoms with E-state index < -0.39 is 0 Å². The maximum absolute atomic E-state index is 5.69. The van der Waals surface area contributed by atoms with E-state index >= 15 is 0 Å². The molecule has 1 aliphatic rings. The van der Waals surface area contributed by atoms with Crippen LogP contribution in [0.1, 0.15) is 39.0 Å². The minimum absolute atomic E-state index is 0.521. The molecule has 0 spiro atoms. The van der Waals surface area contributed by atoms with Gasteiger partial charge in [-0.25, -0.2) is 0 Å². The zero-order valence-corrected chi connectivity index (χ0v) is 11.6. The highest BCUT2D eigenvalue weighted by molar-refractivity contribution is 7.96. The Morgan fingerprint density at radius 3 is 2.41 bits per heavy atom. The fourth-order valence-corrected chi connectivity index (χ4v) is 4.43. The van der Waals surface area contributed by atoms with E-state index in [1.807, 2.05) is 0 Å². The quantitative estimate of drug-likeness (QED) is 0.567. The molecule has 1 aromatic carbocycles. The number of unbranched alkanes of at least 4 members (excludes halogenated alkanes) is 1. The molecule has 1 saturated heterocycles. The number of hydrogen-bond donors (Lipinski definition) is 0. The summed E-state index contributed by atoms with van der Waals surface area (Å²) in [6, 6.07) is 8.84. The summed E-state index contributed by atoms with van der Waals surface area (Å²) in [5.41, 5.74) is 0. The van der Waals surface area contributed by atoms with Crippen LogP contribution in [0.2, 0.25) is 0 Å². The molecule has 2 heteroatoms. The Bertz CT molecular complexity index is 314. The largest absolute Gasteiger partial charge is 0.494 e. The zero-order valence-electron chi connectivity index (χ0n) is 10.8. The normalized spacial score (nSPS) is 17.0. The zero-order chi connectivity index (χ0) is 11.9. The van der Waals surface area contributed by atoms with E-state index in [4.69, 9.17) is 4.74 Å². The van der Waals surface area contributed by atoms with E-state index in [1.54, 1.807) is 0 Å². The second-order valence-corrected chi connectivity index (χ2v) is 6.91. The second kappa shape index (κ2) is 6.95. The fourth-order valence-electron chi connectivity index (χ4n) is 2.13. The third kappa shape index (κ3) is 3.95. The van der Waals surface area contributed by atoms with Crippen molar-refractivity contribution >= 4 is 10.9 Å². The topological polar surface area (TPSA) is 9.23 Å². The number of benzene rings is 1. The fraction of sp³-hybridized carbons (Fsp3) is 0.600. The Hall–Kier alpha value is -0.630. The van der Waals surface area contributed by atoms with Crippen molar-refractivity contribution in [3.05, 3.63) is 24.3 Å². The lowest BCUT2D eigenvalue weighted by Gasteiger charge is -2.13. The van der Waals surface area contributed by atoms with Gasteiger partial charge in [0.25, 0.3) is 0 Å². The van der Waals surface area contributed by atoms with Crippen LogP contribution in [0.5, 0.6) is 5.75 Å². The first kappa shape index (κ1) is 12.8. The second-order valence-electron chi connectivity index (χ2n) is 4.64. The summed E-state index contributed by atoms with van der Waals surface area (Å²) in [4.78, 5) is 1.53. The first-order valence-electron chi connectivity index (χ1n) is 6.80. The molecule has 0 saturated carbocycles. The third-order valence-corrected chi connectivity index (χ3v) is 5.71. The van der Waals surface area contributed by atoms with Crippen LogP contribution in [0.4, 0.5) is 0 Å². The van der Waals surface area contributed by atoms with Crippen LogP contribution in [0.25, 0.3) is 0 Å². The molecule has 1 fully saturated rings. The minimum Gasteiger partial charge on any atom is -0.494 e. The van der Waals surface area contributed by atoms with E-state index in [9.17, 15) is 0 Å². The number of hydrogen-bond acceptors (Lipinski definition) is 1. The van der Waals surface area contributed by atoms with E-state index in [2.05, 4.69) is 31.2 Å². The molecule has 0 aliphatic carbocycles. The number of ether oxygens (including phenoxy) is 1. The highest BCUT2D eigenvalue weighted by Crippen LogP contribution is 2.24. The van der Waals surface area contributed by atoms with E-state index in [-0.39, 0.29) is 0 Å². The standard InChI is InChI=1S/C15H23OS/c1-2-3-11-16-14-7-9-15(10-8-14)17-12-5-4-6-13-17/h7-10H,2-6,11-13H2,1H3/q+1. The van der Waals surface area contributed by atoms with Crippen LogP contribution in [-0.2, 0) is 10.9 Å². The van der Waals surface area contributed by atoms with Gasteiger partial charge in [-0.15, -0.1) is 0 Å². The molecular weight excluding hydrogens is 228 g/mol. The molecular formula is C15H23OS+. The highest BCUT2D eigenvalue weighted by atomic mass is 32.2. The van der Waals surface area contributed by atoms with Crippen molar-refractivity contribution in [2.24, 2.45) is 0 Å². The van der Waals surface area contributed by atoms with Gasteiger partial charge in [0.1, 0.15) is 17.3 Å². The molecule has 1 heterocycles. The van der Waals surface area contributed by atoms with Crippen LogP contribution >= 0.6 is 0 Å². The third-order valence-electron chi connectivity index (χ3n) is 3.21. The van der Waals surface area contributed by atoms with Crippen LogP contribution in [-0.4, -0.2) is 18.1 Å². The van der Waals surface area contributed by atoms with Gasteiger partial charge in [-0.1, -0.05) is 13.3 Å². The molecule has 1 nitrogen and oxygen atoms in total. The van der Waals surface area contributed by atoms with Crippen molar-refractivity contribution in [1.82, 2.24) is 0 Å². The molecule has 0 aromatic heterocycles. The average Bonchev–Trinajstić information content (AvgIpc) is 2.41. The molecule has 0 amide bonds.